The summed E-state index contributed by atoms with van der Waals surface area (Å²) in [6.45, 7) is 6.15. The van der Waals surface area contributed by atoms with Crippen molar-refractivity contribution in [2.24, 2.45) is 5.41 Å². The number of likely N-dealkylation sites (tertiary alicyclic amines) is 1. The minimum atomic E-state index is 0.331. The van der Waals surface area contributed by atoms with Crippen LogP contribution in [-0.2, 0) is 6.54 Å². The summed E-state index contributed by atoms with van der Waals surface area (Å²) in [5.74, 6) is 1.71. The van der Waals surface area contributed by atoms with E-state index in [9.17, 15) is 0 Å². The second-order valence-electron chi connectivity index (χ2n) is 6.52. The zero-order valence-electron chi connectivity index (χ0n) is 12.2. The molecule has 5 heteroatoms. The van der Waals surface area contributed by atoms with Gasteiger partial charge < -0.3 is 14.8 Å². The normalized spacial score (nSPS) is 23.9. The van der Waals surface area contributed by atoms with Gasteiger partial charge in [-0.3, -0.25) is 4.90 Å². The molecule has 4 rings (SSSR count). The maximum Gasteiger partial charge on any atom is 0.231 e. The summed E-state index contributed by atoms with van der Waals surface area (Å²) in [4.78, 5) is 2.59. The van der Waals surface area contributed by atoms with Gasteiger partial charge in [0.1, 0.15) is 0 Å². The number of nitrogens with zero attached hydrogens (tertiary/aromatic N) is 1. The van der Waals surface area contributed by atoms with Crippen molar-refractivity contribution in [3.8, 4) is 11.5 Å². The van der Waals surface area contributed by atoms with Crippen molar-refractivity contribution in [1.82, 2.24) is 10.2 Å². The van der Waals surface area contributed by atoms with Crippen molar-refractivity contribution in [1.29, 1.82) is 0 Å². The van der Waals surface area contributed by atoms with Crippen LogP contribution in [0.1, 0.15) is 24.8 Å². The third kappa shape index (κ3) is 2.67. The predicted molar refractivity (Wildman–Crippen MR) is 84.7 cm³/mol. The van der Waals surface area contributed by atoms with E-state index >= 15 is 0 Å². The average Bonchev–Trinajstić information content (AvgIpc) is 3.08. The third-order valence-corrected chi connectivity index (χ3v) is 5.66. The van der Waals surface area contributed by atoms with Gasteiger partial charge in [0, 0.05) is 13.1 Å². The van der Waals surface area contributed by atoms with Crippen molar-refractivity contribution in [2.75, 3.05) is 33.0 Å². The Bertz CT molecular complexity index is 543. The molecule has 0 aliphatic carbocycles. The maximum atomic E-state index is 5.52. The van der Waals surface area contributed by atoms with Crippen molar-refractivity contribution < 1.29 is 9.47 Å². The molecule has 0 radical (unpaired) electrons. The van der Waals surface area contributed by atoms with Gasteiger partial charge in [-0.15, -0.1) is 0 Å². The van der Waals surface area contributed by atoms with Crippen LogP contribution in [-0.4, -0.2) is 37.9 Å². The molecule has 0 saturated carbocycles. The fourth-order valence-corrected chi connectivity index (χ4v) is 4.50. The summed E-state index contributed by atoms with van der Waals surface area (Å²) >= 11 is 3.59. The molecule has 1 N–H and O–H groups in total. The monoisotopic (exact) mass is 352 g/mol. The number of fused-ring (bicyclic) bond motifs is 1. The summed E-state index contributed by atoms with van der Waals surface area (Å²) in [5, 5.41) is 3.48. The Morgan fingerprint density at radius 3 is 2.90 bits per heavy atom. The minimum Gasteiger partial charge on any atom is -0.454 e. The predicted octanol–water partition coefficient (Wildman–Crippen LogP) is 2.75. The SMILES string of the molecule is Brc1cc(CN2CCC3(CCNCC3)C2)cc2c1OCO2. The topological polar surface area (TPSA) is 33.7 Å². The van der Waals surface area contributed by atoms with E-state index in [1.165, 1.54) is 51.0 Å². The van der Waals surface area contributed by atoms with E-state index < -0.39 is 0 Å². The van der Waals surface area contributed by atoms with Crippen LogP contribution >= 0.6 is 15.9 Å². The van der Waals surface area contributed by atoms with E-state index in [1.807, 2.05) is 0 Å². The zero-order valence-corrected chi connectivity index (χ0v) is 13.7. The Balaban J connectivity index is 1.46. The van der Waals surface area contributed by atoms with E-state index in [0.717, 1.165) is 22.5 Å². The lowest BCUT2D eigenvalue weighted by Crippen LogP contribution is -2.38. The highest BCUT2D eigenvalue weighted by Gasteiger charge is 2.38. The Labute approximate surface area is 133 Å². The fraction of sp³-hybridized carbons (Fsp3) is 0.625. The minimum absolute atomic E-state index is 0.331. The Morgan fingerprint density at radius 1 is 1.19 bits per heavy atom. The summed E-state index contributed by atoms with van der Waals surface area (Å²) in [5.41, 5.74) is 1.87. The van der Waals surface area contributed by atoms with Gasteiger partial charge in [-0.25, -0.2) is 0 Å². The number of benzene rings is 1. The number of ether oxygens (including phenoxy) is 2. The highest BCUT2D eigenvalue weighted by atomic mass is 79.9. The molecule has 114 valence electrons. The smallest absolute Gasteiger partial charge is 0.231 e. The molecule has 0 amide bonds. The van der Waals surface area contributed by atoms with Crippen LogP contribution in [0, 0.1) is 5.41 Å². The van der Waals surface area contributed by atoms with Gasteiger partial charge in [0.25, 0.3) is 0 Å². The molecule has 0 atom stereocenters. The second-order valence-corrected chi connectivity index (χ2v) is 7.38. The summed E-state index contributed by atoms with van der Waals surface area (Å²) in [7, 11) is 0. The molecule has 3 aliphatic rings. The summed E-state index contributed by atoms with van der Waals surface area (Å²) in [6.07, 6.45) is 4.00. The van der Waals surface area contributed by atoms with Gasteiger partial charge in [-0.2, -0.15) is 0 Å². The highest BCUT2D eigenvalue weighted by molar-refractivity contribution is 9.10. The lowest BCUT2D eigenvalue weighted by molar-refractivity contribution is 0.173. The molecule has 2 fully saturated rings. The van der Waals surface area contributed by atoms with E-state index in [0.29, 0.717) is 12.2 Å². The number of halogens is 1. The van der Waals surface area contributed by atoms with Gasteiger partial charge in [-0.05, 0) is 77.9 Å². The Morgan fingerprint density at radius 2 is 2.05 bits per heavy atom. The van der Waals surface area contributed by atoms with E-state index in [-0.39, 0.29) is 0 Å². The standard InChI is InChI=1S/C16H21BrN2O2/c17-13-7-12(8-14-15(13)21-11-20-14)9-19-6-3-16(10-19)1-4-18-5-2-16/h7-8,18H,1-6,9-11H2. The van der Waals surface area contributed by atoms with E-state index in [1.54, 1.807) is 0 Å². The number of hydrogen-bond donors (Lipinski definition) is 1. The molecule has 0 unspecified atom stereocenters. The molecule has 1 aromatic rings. The number of piperidine rings is 1. The van der Waals surface area contributed by atoms with Crippen molar-refractivity contribution in [3.05, 3.63) is 22.2 Å². The van der Waals surface area contributed by atoms with Crippen molar-refractivity contribution in [3.63, 3.8) is 0 Å². The molecule has 3 heterocycles. The Kier molecular flexibility index (Phi) is 3.59. The van der Waals surface area contributed by atoms with E-state index in [4.69, 9.17) is 9.47 Å². The molecular formula is C16H21BrN2O2. The first-order valence-corrected chi connectivity index (χ1v) is 8.55. The number of hydrogen-bond acceptors (Lipinski definition) is 4. The summed E-state index contributed by atoms with van der Waals surface area (Å²) in [6, 6.07) is 4.29. The van der Waals surface area contributed by atoms with Gasteiger partial charge in [0.05, 0.1) is 4.47 Å². The van der Waals surface area contributed by atoms with Crippen molar-refractivity contribution in [2.45, 2.75) is 25.8 Å². The van der Waals surface area contributed by atoms with Crippen LogP contribution in [0.3, 0.4) is 0 Å². The van der Waals surface area contributed by atoms with Gasteiger partial charge in [0.2, 0.25) is 6.79 Å². The fourth-order valence-electron chi connectivity index (χ4n) is 3.90. The van der Waals surface area contributed by atoms with Gasteiger partial charge in [-0.1, -0.05) is 0 Å². The Hall–Kier alpha value is -0.780. The van der Waals surface area contributed by atoms with Crippen molar-refractivity contribution >= 4 is 15.9 Å². The van der Waals surface area contributed by atoms with Gasteiger partial charge in [0.15, 0.2) is 11.5 Å². The molecule has 4 nitrogen and oxygen atoms in total. The summed E-state index contributed by atoms with van der Waals surface area (Å²) < 4.78 is 12.0. The van der Waals surface area contributed by atoms with E-state index in [2.05, 4.69) is 38.3 Å². The third-order valence-electron chi connectivity index (χ3n) is 5.07. The molecule has 21 heavy (non-hydrogen) atoms. The maximum absolute atomic E-state index is 5.52. The molecule has 3 aliphatic heterocycles. The molecular weight excluding hydrogens is 332 g/mol. The van der Waals surface area contributed by atoms with Gasteiger partial charge >= 0.3 is 0 Å². The van der Waals surface area contributed by atoms with Crippen LogP contribution in [0.2, 0.25) is 0 Å². The quantitative estimate of drug-likeness (QED) is 0.887. The van der Waals surface area contributed by atoms with Crippen LogP contribution in [0.25, 0.3) is 0 Å². The number of nitrogens with one attached hydrogen (secondary N) is 1. The van der Waals surface area contributed by atoms with Crippen LogP contribution in [0.5, 0.6) is 11.5 Å². The highest BCUT2D eigenvalue weighted by Crippen LogP contribution is 2.42. The lowest BCUT2D eigenvalue weighted by atomic mass is 9.78. The molecule has 1 aromatic carbocycles. The first-order chi connectivity index (χ1) is 10.2. The first kappa shape index (κ1) is 13.9. The molecule has 0 aromatic heterocycles. The largest absolute Gasteiger partial charge is 0.454 e. The zero-order chi connectivity index (χ0) is 14.3. The number of rotatable bonds is 2. The molecule has 2 saturated heterocycles. The average molecular weight is 353 g/mol. The van der Waals surface area contributed by atoms with Crippen LogP contribution in [0.15, 0.2) is 16.6 Å². The van der Waals surface area contributed by atoms with Crippen LogP contribution < -0.4 is 14.8 Å². The molecule has 0 bridgehead atoms. The first-order valence-electron chi connectivity index (χ1n) is 7.75. The second kappa shape index (κ2) is 5.45. The van der Waals surface area contributed by atoms with Crippen LogP contribution in [0.4, 0.5) is 0 Å². The molecule has 1 spiro atoms. The lowest BCUT2D eigenvalue weighted by Gasteiger charge is -2.34.